The van der Waals surface area contributed by atoms with E-state index in [2.05, 4.69) is 5.32 Å². The van der Waals surface area contributed by atoms with Crippen LogP contribution in [0.25, 0.3) is 0 Å². The van der Waals surface area contributed by atoms with Crippen LogP contribution in [0.3, 0.4) is 0 Å². The van der Waals surface area contributed by atoms with Crippen molar-refractivity contribution in [1.29, 1.82) is 0 Å². The van der Waals surface area contributed by atoms with Crippen LogP contribution < -0.4 is 5.32 Å². The number of benzene rings is 1. The number of para-hydroxylation sites is 1. The van der Waals surface area contributed by atoms with Crippen molar-refractivity contribution in [2.24, 2.45) is 5.92 Å². The number of nitrogens with one attached hydrogen (secondary N) is 1. The maximum atomic E-state index is 12.2. The van der Waals surface area contributed by atoms with Crippen molar-refractivity contribution in [2.75, 3.05) is 25.5 Å². The van der Waals surface area contributed by atoms with E-state index in [0.29, 0.717) is 13.1 Å². The minimum Gasteiger partial charge on any atom is -0.393 e. The molecular formula is C17H26N2O2. The van der Waals surface area contributed by atoms with E-state index in [1.807, 2.05) is 39.1 Å². The topological polar surface area (TPSA) is 52.6 Å². The zero-order valence-electron chi connectivity index (χ0n) is 13.2. The highest BCUT2D eigenvalue weighted by Crippen LogP contribution is 2.26. The Kier molecular flexibility index (Phi) is 5.23. The number of hydrogen-bond acceptors (Lipinski definition) is 3. The lowest BCUT2D eigenvalue weighted by atomic mass is 10.1. The van der Waals surface area contributed by atoms with Gasteiger partial charge in [0, 0.05) is 25.2 Å². The molecule has 1 aliphatic rings. The number of aliphatic hydroxyl groups is 1. The van der Waals surface area contributed by atoms with E-state index in [9.17, 15) is 9.90 Å². The van der Waals surface area contributed by atoms with Crippen LogP contribution in [-0.4, -0.2) is 42.2 Å². The Morgan fingerprint density at radius 3 is 2.57 bits per heavy atom. The predicted molar refractivity (Wildman–Crippen MR) is 85.4 cm³/mol. The molecule has 0 bridgehead atoms. The Labute approximate surface area is 127 Å². The molecule has 116 valence electrons. The summed E-state index contributed by atoms with van der Waals surface area (Å²) in [6.45, 7) is 5.02. The van der Waals surface area contributed by atoms with Crippen LogP contribution in [-0.2, 0) is 4.79 Å². The van der Waals surface area contributed by atoms with Crippen LogP contribution in [0.4, 0.5) is 5.69 Å². The van der Waals surface area contributed by atoms with E-state index >= 15 is 0 Å². The first kappa shape index (κ1) is 15.8. The summed E-state index contributed by atoms with van der Waals surface area (Å²) in [6.07, 6.45) is 2.71. The smallest absolute Gasteiger partial charge is 0.241 e. The fraction of sp³-hybridized carbons (Fsp3) is 0.588. The molecule has 0 unspecified atom stereocenters. The Balaban J connectivity index is 1.86. The van der Waals surface area contributed by atoms with Crippen molar-refractivity contribution in [1.82, 2.24) is 4.90 Å². The number of nitrogens with zero attached hydrogens (tertiary/aromatic N) is 1. The van der Waals surface area contributed by atoms with E-state index in [1.165, 1.54) is 0 Å². The number of aliphatic hydroxyl groups excluding tert-OH is 1. The Bertz CT molecular complexity index is 481. The SMILES string of the molecule is Cc1cccc(C)c1NCC(=O)N(C)C[C@@H]1CCC[C@H]1O. The molecule has 2 rings (SSSR count). The molecule has 1 amide bonds. The third kappa shape index (κ3) is 3.97. The summed E-state index contributed by atoms with van der Waals surface area (Å²) in [4.78, 5) is 14.0. The quantitative estimate of drug-likeness (QED) is 0.875. The fourth-order valence-electron chi connectivity index (χ4n) is 3.08. The summed E-state index contributed by atoms with van der Waals surface area (Å²) in [5.74, 6) is 0.302. The van der Waals surface area contributed by atoms with Crippen LogP contribution in [0, 0.1) is 19.8 Å². The monoisotopic (exact) mass is 290 g/mol. The lowest BCUT2D eigenvalue weighted by molar-refractivity contribution is -0.128. The molecule has 0 heterocycles. The summed E-state index contributed by atoms with van der Waals surface area (Å²) in [5, 5.41) is 13.1. The number of amides is 1. The molecule has 0 aliphatic heterocycles. The van der Waals surface area contributed by atoms with Gasteiger partial charge in [0.05, 0.1) is 12.6 Å². The van der Waals surface area contributed by atoms with Crippen LogP contribution in [0.5, 0.6) is 0 Å². The number of carbonyl (C=O) groups is 1. The molecular weight excluding hydrogens is 264 g/mol. The first-order valence-corrected chi connectivity index (χ1v) is 7.71. The molecule has 0 saturated heterocycles. The highest BCUT2D eigenvalue weighted by atomic mass is 16.3. The van der Waals surface area contributed by atoms with Gasteiger partial charge in [-0.3, -0.25) is 4.79 Å². The average Bonchev–Trinajstić information content (AvgIpc) is 2.83. The molecule has 1 aromatic rings. The molecule has 1 saturated carbocycles. The van der Waals surface area contributed by atoms with Crippen molar-refractivity contribution < 1.29 is 9.90 Å². The van der Waals surface area contributed by atoms with Crippen molar-refractivity contribution >= 4 is 11.6 Å². The van der Waals surface area contributed by atoms with Crippen molar-refractivity contribution in [3.8, 4) is 0 Å². The molecule has 2 atom stereocenters. The average molecular weight is 290 g/mol. The number of rotatable bonds is 5. The summed E-state index contributed by atoms with van der Waals surface area (Å²) in [5.41, 5.74) is 3.34. The zero-order chi connectivity index (χ0) is 15.4. The zero-order valence-corrected chi connectivity index (χ0v) is 13.2. The first-order valence-electron chi connectivity index (χ1n) is 7.71. The minimum atomic E-state index is -0.244. The van der Waals surface area contributed by atoms with Gasteiger partial charge in [-0.25, -0.2) is 0 Å². The van der Waals surface area contributed by atoms with Crippen molar-refractivity contribution in [3.63, 3.8) is 0 Å². The van der Waals surface area contributed by atoms with Gasteiger partial charge in [-0.05, 0) is 37.8 Å². The molecule has 0 radical (unpaired) electrons. The van der Waals surface area contributed by atoms with Gasteiger partial charge in [0.1, 0.15) is 0 Å². The normalized spacial score (nSPS) is 21.3. The molecule has 1 aromatic carbocycles. The molecule has 4 heteroatoms. The first-order chi connectivity index (χ1) is 9.99. The van der Waals surface area contributed by atoms with E-state index < -0.39 is 0 Å². The van der Waals surface area contributed by atoms with Gasteiger partial charge < -0.3 is 15.3 Å². The van der Waals surface area contributed by atoms with E-state index in [4.69, 9.17) is 0 Å². The van der Waals surface area contributed by atoms with Crippen LogP contribution in [0.15, 0.2) is 18.2 Å². The van der Waals surface area contributed by atoms with Gasteiger partial charge in [-0.1, -0.05) is 24.6 Å². The van der Waals surface area contributed by atoms with Gasteiger partial charge in [0.2, 0.25) is 5.91 Å². The Morgan fingerprint density at radius 2 is 2.00 bits per heavy atom. The second-order valence-corrected chi connectivity index (χ2v) is 6.15. The molecule has 4 nitrogen and oxygen atoms in total. The number of carbonyl (C=O) groups excluding carboxylic acids is 1. The minimum absolute atomic E-state index is 0.0664. The molecule has 0 spiro atoms. The van der Waals surface area contributed by atoms with Crippen molar-refractivity contribution in [3.05, 3.63) is 29.3 Å². The summed E-state index contributed by atoms with van der Waals surface area (Å²) >= 11 is 0. The fourth-order valence-corrected chi connectivity index (χ4v) is 3.08. The van der Waals surface area contributed by atoms with Crippen LogP contribution in [0.2, 0.25) is 0 Å². The summed E-state index contributed by atoms with van der Waals surface area (Å²) < 4.78 is 0. The van der Waals surface area contributed by atoms with Gasteiger partial charge in [-0.2, -0.15) is 0 Å². The number of anilines is 1. The second-order valence-electron chi connectivity index (χ2n) is 6.15. The Morgan fingerprint density at radius 1 is 1.33 bits per heavy atom. The largest absolute Gasteiger partial charge is 0.393 e. The van der Waals surface area contributed by atoms with Gasteiger partial charge >= 0.3 is 0 Å². The molecule has 1 aliphatic carbocycles. The molecule has 1 fully saturated rings. The summed E-state index contributed by atoms with van der Waals surface area (Å²) in [6, 6.07) is 6.10. The van der Waals surface area contributed by atoms with Crippen LogP contribution >= 0.6 is 0 Å². The van der Waals surface area contributed by atoms with E-state index in [1.54, 1.807) is 4.90 Å². The predicted octanol–water partition coefficient (Wildman–Crippen LogP) is 2.33. The van der Waals surface area contributed by atoms with Gasteiger partial charge in [0.25, 0.3) is 0 Å². The molecule has 21 heavy (non-hydrogen) atoms. The van der Waals surface area contributed by atoms with E-state index in [-0.39, 0.29) is 17.9 Å². The maximum Gasteiger partial charge on any atom is 0.241 e. The summed E-state index contributed by atoms with van der Waals surface area (Å²) in [7, 11) is 1.82. The van der Waals surface area contributed by atoms with Crippen molar-refractivity contribution in [2.45, 2.75) is 39.2 Å². The highest BCUT2D eigenvalue weighted by molar-refractivity contribution is 5.81. The second kappa shape index (κ2) is 6.94. The van der Waals surface area contributed by atoms with E-state index in [0.717, 1.165) is 36.1 Å². The van der Waals surface area contributed by atoms with Gasteiger partial charge in [0.15, 0.2) is 0 Å². The third-order valence-corrected chi connectivity index (χ3v) is 4.45. The standard InChI is InChI=1S/C17H26N2O2/c1-12-6-4-7-13(2)17(12)18-10-16(21)19(3)11-14-8-5-9-15(14)20/h4,6-7,14-15,18,20H,5,8-11H2,1-3H3/t14-,15+/m0/s1. The lowest BCUT2D eigenvalue weighted by Crippen LogP contribution is -2.37. The molecule has 2 N–H and O–H groups in total. The maximum absolute atomic E-state index is 12.2. The Hall–Kier alpha value is -1.55. The molecule has 0 aromatic heterocycles. The number of likely N-dealkylation sites (N-methyl/N-ethyl adjacent to an activating group) is 1. The number of hydrogen-bond donors (Lipinski definition) is 2. The lowest BCUT2D eigenvalue weighted by Gasteiger charge is -2.24. The highest BCUT2D eigenvalue weighted by Gasteiger charge is 2.27. The van der Waals surface area contributed by atoms with Crippen LogP contribution in [0.1, 0.15) is 30.4 Å². The third-order valence-electron chi connectivity index (χ3n) is 4.45. The van der Waals surface area contributed by atoms with Gasteiger partial charge in [-0.15, -0.1) is 0 Å². The number of aryl methyl sites for hydroxylation is 2.